The molecule has 1 unspecified atom stereocenters. The van der Waals surface area contributed by atoms with Crippen molar-refractivity contribution in [3.8, 4) is 0 Å². The number of hydrogen-bond acceptors (Lipinski definition) is 3. The standard InChI is InChI=1S/C15H15BrF3NOS/c1-14(21,9-20-8-12-5-6-13(16)22-12)10-3-2-4-11(7-10)15(17,18)19/h2-7,20-21H,8-9H2,1H3. The van der Waals surface area contributed by atoms with Crippen LogP contribution in [0.3, 0.4) is 0 Å². The van der Waals surface area contributed by atoms with Crippen LogP contribution in [0.4, 0.5) is 13.2 Å². The first-order valence-electron chi connectivity index (χ1n) is 6.53. The van der Waals surface area contributed by atoms with Crippen LogP contribution in [0.1, 0.15) is 22.9 Å². The van der Waals surface area contributed by atoms with Crippen LogP contribution in [0, 0.1) is 0 Å². The Morgan fingerprint density at radius 2 is 1.86 bits per heavy atom. The number of nitrogens with one attached hydrogen (secondary N) is 1. The van der Waals surface area contributed by atoms with E-state index in [4.69, 9.17) is 0 Å². The van der Waals surface area contributed by atoms with Gasteiger partial charge in [-0.05, 0) is 52.7 Å². The molecule has 2 N–H and O–H groups in total. The first kappa shape index (κ1) is 17.5. The Bertz CT molecular complexity index is 640. The molecule has 0 saturated heterocycles. The molecule has 1 aromatic carbocycles. The second kappa shape index (κ2) is 6.70. The zero-order valence-electron chi connectivity index (χ0n) is 11.7. The molecule has 2 nitrogen and oxygen atoms in total. The van der Waals surface area contributed by atoms with E-state index in [1.54, 1.807) is 11.3 Å². The molecule has 1 heterocycles. The highest BCUT2D eigenvalue weighted by molar-refractivity contribution is 9.11. The molecule has 7 heteroatoms. The Morgan fingerprint density at radius 3 is 2.45 bits per heavy atom. The lowest BCUT2D eigenvalue weighted by Crippen LogP contribution is -2.35. The highest BCUT2D eigenvalue weighted by atomic mass is 79.9. The summed E-state index contributed by atoms with van der Waals surface area (Å²) in [7, 11) is 0. The molecule has 0 amide bonds. The first-order chi connectivity index (χ1) is 10.2. The molecule has 1 atom stereocenters. The van der Waals surface area contributed by atoms with Crippen molar-refractivity contribution < 1.29 is 18.3 Å². The average Bonchev–Trinajstić information content (AvgIpc) is 2.83. The molecule has 0 aliphatic rings. The monoisotopic (exact) mass is 393 g/mol. The second-order valence-electron chi connectivity index (χ2n) is 5.16. The number of rotatable bonds is 5. The fraction of sp³-hybridized carbons (Fsp3) is 0.333. The Balaban J connectivity index is 2.03. The highest BCUT2D eigenvalue weighted by Gasteiger charge is 2.32. The van der Waals surface area contributed by atoms with E-state index < -0.39 is 17.3 Å². The fourth-order valence-electron chi connectivity index (χ4n) is 2.01. The highest BCUT2D eigenvalue weighted by Crippen LogP contribution is 2.32. The van der Waals surface area contributed by atoms with E-state index in [9.17, 15) is 18.3 Å². The van der Waals surface area contributed by atoms with Gasteiger partial charge in [-0.2, -0.15) is 13.2 Å². The quantitative estimate of drug-likeness (QED) is 0.781. The van der Waals surface area contributed by atoms with Gasteiger partial charge < -0.3 is 10.4 Å². The van der Waals surface area contributed by atoms with Gasteiger partial charge in [0.05, 0.1) is 15.0 Å². The maximum Gasteiger partial charge on any atom is 0.416 e. The van der Waals surface area contributed by atoms with E-state index in [0.29, 0.717) is 6.54 Å². The number of hydrogen-bond donors (Lipinski definition) is 2. The minimum Gasteiger partial charge on any atom is -0.384 e. The van der Waals surface area contributed by atoms with Crippen molar-refractivity contribution in [3.05, 3.63) is 56.2 Å². The molecular formula is C15H15BrF3NOS. The van der Waals surface area contributed by atoms with Gasteiger partial charge in [-0.3, -0.25) is 0 Å². The summed E-state index contributed by atoms with van der Waals surface area (Å²) in [5, 5.41) is 13.5. The molecule has 0 fully saturated rings. The molecule has 120 valence electrons. The molecule has 0 radical (unpaired) electrons. The predicted molar refractivity (Wildman–Crippen MR) is 84.7 cm³/mol. The lowest BCUT2D eigenvalue weighted by atomic mass is 9.94. The van der Waals surface area contributed by atoms with Gasteiger partial charge in [0, 0.05) is 18.0 Å². The molecule has 0 saturated carbocycles. The fourth-order valence-corrected chi connectivity index (χ4v) is 3.46. The third-order valence-electron chi connectivity index (χ3n) is 3.21. The molecule has 0 aliphatic carbocycles. The van der Waals surface area contributed by atoms with Crippen molar-refractivity contribution >= 4 is 27.3 Å². The Labute approximate surface area is 139 Å². The first-order valence-corrected chi connectivity index (χ1v) is 8.14. The molecule has 0 aliphatic heterocycles. The summed E-state index contributed by atoms with van der Waals surface area (Å²) < 4.78 is 39.2. The summed E-state index contributed by atoms with van der Waals surface area (Å²) in [6.07, 6.45) is -4.41. The summed E-state index contributed by atoms with van der Waals surface area (Å²) in [4.78, 5) is 1.08. The van der Waals surface area contributed by atoms with Gasteiger partial charge in [0.25, 0.3) is 0 Å². The summed E-state index contributed by atoms with van der Waals surface area (Å²) in [5.41, 5.74) is -1.90. The molecule has 0 bridgehead atoms. The van der Waals surface area contributed by atoms with Gasteiger partial charge in [-0.15, -0.1) is 11.3 Å². The largest absolute Gasteiger partial charge is 0.416 e. The van der Waals surface area contributed by atoms with Crippen molar-refractivity contribution in [2.45, 2.75) is 25.2 Å². The molecule has 22 heavy (non-hydrogen) atoms. The SMILES string of the molecule is CC(O)(CNCc1ccc(Br)s1)c1cccc(C(F)(F)F)c1. The predicted octanol–water partition coefficient (Wildman–Crippen LogP) is 4.53. The van der Waals surface area contributed by atoms with Crippen LogP contribution in [-0.2, 0) is 18.3 Å². The van der Waals surface area contributed by atoms with Gasteiger partial charge in [-0.1, -0.05) is 12.1 Å². The van der Waals surface area contributed by atoms with Crippen LogP contribution in [0.5, 0.6) is 0 Å². The molecule has 1 aromatic heterocycles. The number of alkyl halides is 3. The summed E-state index contributed by atoms with van der Waals surface area (Å²) in [6.45, 7) is 2.20. The van der Waals surface area contributed by atoms with Crippen molar-refractivity contribution in [1.82, 2.24) is 5.32 Å². The van der Waals surface area contributed by atoms with Crippen LogP contribution < -0.4 is 5.32 Å². The number of thiophene rings is 1. The number of aliphatic hydroxyl groups is 1. The topological polar surface area (TPSA) is 32.3 Å². The third-order valence-corrected chi connectivity index (χ3v) is 4.83. The minimum absolute atomic E-state index is 0.157. The van der Waals surface area contributed by atoms with Gasteiger partial charge in [0.2, 0.25) is 0 Å². The van der Waals surface area contributed by atoms with Crippen molar-refractivity contribution in [2.24, 2.45) is 0 Å². The van der Waals surface area contributed by atoms with Gasteiger partial charge in [-0.25, -0.2) is 0 Å². The van der Waals surface area contributed by atoms with E-state index in [1.807, 2.05) is 12.1 Å². The number of benzene rings is 1. The van der Waals surface area contributed by atoms with Gasteiger partial charge in [0.15, 0.2) is 0 Å². The summed E-state index contributed by atoms with van der Waals surface area (Å²) >= 11 is 4.93. The van der Waals surface area contributed by atoms with Crippen LogP contribution in [0.25, 0.3) is 0 Å². The maximum atomic E-state index is 12.7. The Kier molecular flexibility index (Phi) is 5.32. The second-order valence-corrected chi connectivity index (χ2v) is 7.71. The van der Waals surface area contributed by atoms with E-state index in [1.165, 1.54) is 19.1 Å². The van der Waals surface area contributed by atoms with Crippen LogP contribution >= 0.6 is 27.3 Å². The summed E-state index contributed by atoms with van der Waals surface area (Å²) in [6, 6.07) is 8.66. The van der Waals surface area contributed by atoms with E-state index in [2.05, 4.69) is 21.2 Å². The molecule has 2 rings (SSSR count). The maximum absolute atomic E-state index is 12.7. The summed E-state index contributed by atoms with van der Waals surface area (Å²) in [5.74, 6) is 0. The minimum atomic E-state index is -4.41. The molecular weight excluding hydrogens is 379 g/mol. The van der Waals surface area contributed by atoms with Crippen molar-refractivity contribution in [1.29, 1.82) is 0 Å². The Hall–Kier alpha value is -0.890. The van der Waals surface area contributed by atoms with Crippen molar-refractivity contribution in [2.75, 3.05) is 6.54 Å². The van der Waals surface area contributed by atoms with Crippen LogP contribution in [0.15, 0.2) is 40.2 Å². The molecule has 2 aromatic rings. The third kappa shape index (κ3) is 4.55. The number of halogens is 4. The van der Waals surface area contributed by atoms with Gasteiger partial charge in [0.1, 0.15) is 0 Å². The zero-order chi connectivity index (χ0) is 16.4. The zero-order valence-corrected chi connectivity index (χ0v) is 14.1. The van der Waals surface area contributed by atoms with Crippen LogP contribution in [0.2, 0.25) is 0 Å². The van der Waals surface area contributed by atoms with Gasteiger partial charge >= 0.3 is 6.18 Å². The van der Waals surface area contributed by atoms with Crippen molar-refractivity contribution in [3.63, 3.8) is 0 Å². The average molecular weight is 394 g/mol. The Morgan fingerprint density at radius 1 is 1.18 bits per heavy atom. The van der Waals surface area contributed by atoms with E-state index in [0.717, 1.165) is 20.8 Å². The van der Waals surface area contributed by atoms with E-state index >= 15 is 0 Å². The lowest BCUT2D eigenvalue weighted by Gasteiger charge is -2.25. The molecule has 0 spiro atoms. The van der Waals surface area contributed by atoms with E-state index in [-0.39, 0.29) is 12.1 Å². The van der Waals surface area contributed by atoms with Crippen LogP contribution in [-0.4, -0.2) is 11.7 Å². The lowest BCUT2D eigenvalue weighted by molar-refractivity contribution is -0.137. The normalized spacial score (nSPS) is 14.8. The smallest absolute Gasteiger partial charge is 0.384 e.